The van der Waals surface area contributed by atoms with Gasteiger partial charge in [-0.1, -0.05) is 0 Å². The smallest absolute Gasteiger partial charge is 0.410 e. The highest BCUT2D eigenvalue weighted by atomic mass is 16.6. The number of nitrogens with zero attached hydrogens (tertiary/aromatic N) is 2. The van der Waals surface area contributed by atoms with E-state index in [1.165, 1.54) is 0 Å². The van der Waals surface area contributed by atoms with Gasteiger partial charge in [-0.25, -0.2) is 4.79 Å². The van der Waals surface area contributed by atoms with Crippen LogP contribution in [-0.4, -0.2) is 65.8 Å². The minimum absolute atomic E-state index is 0.173. The van der Waals surface area contributed by atoms with E-state index in [4.69, 9.17) is 4.74 Å². The maximum Gasteiger partial charge on any atom is 0.410 e. The summed E-state index contributed by atoms with van der Waals surface area (Å²) < 4.78 is 5.51. The van der Waals surface area contributed by atoms with Crippen molar-refractivity contribution in [3.8, 4) is 0 Å². The zero-order valence-corrected chi connectivity index (χ0v) is 16.2. The first-order chi connectivity index (χ1) is 10.6. The lowest BCUT2D eigenvalue weighted by atomic mass is 10.2. The molecule has 1 heterocycles. The first-order valence-corrected chi connectivity index (χ1v) is 9.08. The molecule has 0 aliphatic carbocycles. The maximum atomic E-state index is 12.3. The van der Waals surface area contributed by atoms with Crippen LogP contribution in [0.4, 0.5) is 4.79 Å². The predicted molar refractivity (Wildman–Crippen MR) is 95.8 cm³/mol. The maximum absolute atomic E-state index is 12.3. The molecule has 1 N–H and O–H groups in total. The second-order valence-corrected chi connectivity index (χ2v) is 8.10. The predicted octanol–water partition coefficient (Wildman–Crippen LogP) is 3.09. The standard InChI is InChI=1S/C18H37N3O2/c1-14(2)20(15(3)4)12-10-19-13-16-9-8-11-21(16)17(22)23-18(5,6)7/h14-16,19H,8-13H2,1-7H3. The Morgan fingerprint density at radius 1 is 1.26 bits per heavy atom. The normalized spacial score (nSPS) is 19.2. The number of carbonyl (C=O) groups excluding carboxylic acids is 1. The first-order valence-electron chi connectivity index (χ1n) is 9.08. The van der Waals surface area contributed by atoms with Gasteiger partial charge in [0.05, 0.1) is 0 Å². The number of ether oxygens (including phenoxy) is 1. The highest BCUT2D eigenvalue weighted by Gasteiger charge is 2.31. The summed E-state index contributed by atoms with van der Waals surface area (Å²) in [6, 6.07) is 1.37. The molecular formula is C18H37N3O2. The Balaban J connectivity index is 2.37. The quantitative estimate of drug-likeness (QED) is 0.730. The van der Waals surface area contributed by atoms with E-state index in [2.05, 4.69) is 37.9 Å². The van der Waals surface area contributed by atoms with Crippen LogP contribution in [0.3, 0.4) is 0 Å². The van der Waals surface area contributed by atoms with Crippen molar-refractivity contribution in [1.82, 2.24) is 15.1 Å². The van der Waals surface area contributed by atoms with Crippen LogP contribution in [0.25, 0.3) is 0 Å². The highest BCUT2D eigenvalue weighted by Crippen LogP contribution is 2.20. The van der Waals surface area contributed by atoms with Gasteiger partial charge in [0.2, 0.25) is 0 Å². The number of carbonyl (C=O) groups is 1. The van der Waals surface area contributed by atoms with E-state index in [0.29, 0.717) is 12.1 Å². The summed E-state index contributed by atoms with van der Waals surface area (Å²) in [4.78, 5) is 16.6. The Kier molecular flexibility index (Phi) is 7.81. The zero-order chi connectivity index (χ0) is 17.6. The van der Waals surface area contributed by atoms with Gasteiger partial charge in [-0.3, -0.25) is 4.90 Å². The molecule has 5 nitrogen and oxygen atoms in total. The molecular weight excluding hydrogens is 290 g/mol. The molecule has 0 spiro atoms. The molecule has 0 aromatic rings. The molecule has 1 atom stereocenters. The minimum atomic E-state index is -0.424. The van der Waals surface area contributed by atoms with Gasteiger partial charge < -0.3 is 15.0 Å². The molecule has 1 aliphatic heterocycles. The van der Waals surface area contributed by atoms with Crippen LogP contribution in [0.5, 0.6) is 0 Å². The first kappa shape index (κ1) is 20.2. The van der Waals surface area contributed by atoms with E-state index in [0.717, 1.165) is 39.0 Å². The molecule has 1 rings (SSSR count). The van der Waals surface area contributed by atoms with Crippen molar-refractivity contribution >= 4 is 6.09 Å². The molecule has 1 saturated heterocycles. The lowest BCUT2D eigenvalue weighted by molar-refractivity contribution is 0.0226. The van der Waals surface area contributed by atoms with Crippen LogP contribution < -0.4 is 5.32 Å². The van der Waals surface area contributed by atoms with E-state index in [-0.39, 0.29) is 12.1 Å². The fourth-order valence-electron chi connectivity index (χ4n) is 3.20. The van der Waals surface area contributed by atoms with Crippen LogP contribution in [-0.2, 0) is 4.74 Å². The second kappa shape index (κ2) is 8.88. The van der Waals surface area contributed by atoms with Gasteiger partial charge in [-0.15, -0.1) is 0 Å². The fourth-order valence-corrected chi connectivity index (χ4v) is 3.20. The van der Waals surface area contributed by atoms with Crippen molar-refractivity contribution in [3.05, 3.63) is 0 Å². The van der Waals surface area contributed by atoms with Crippen molar-refractivity contribution < 1.29 is 9.53 Å². The molecule has 1 unspecified atom stereocenters. The molecule has 0 aromatic carbocycles. The second-order valence-electron chi connectivity index (χ2n) is 8.10. The van der Waals surface area contributed by atoms with Crippen LogP contribution >= 0.6 is 0 Å². The summed E-state index contributed by atoms with van der Waals surface area (Å²) in [5, 5.41) is 3.52. The van der Waals surface area contributed by atoms with E-state index in [1.54, 1.807) is 0 Å². The summed E-state index contributed by atoms with van der Waals surface area (Å²) in [5.74, 6) is 0. The SMILES string of the molecule is CC(C)N(CCNCC1CCCN1C(=O)OC(C)(C)C)C(C)C. The Hall–Kier alpha value is -0.810. The summed E-state index contributed by atoms with van der Waals surface area (Å²) in [5.41, 5.74) is -0.424. The van der Waals surface area contributed by atoms with Crippen LogP contribution in [0.1, 0.15) is 61.3 Å². The molecule has 1 aliphatic rings. The summed E-state index contributed by atoms with van der Waals surface area (Å²) >= 11 is 0. The molecule has 23 heavy (non-hydrogen) atoms. The van der Waals surface area contributed by atoms with E-state index >= 15 is 0 Å². The van der Waals surface area contributed by atoms with Crippen LogP contribution in [0.15, 0.2) is 0 Å². The number of rotatable bonds is 7. The Morgan fingerprint density at radius 2 is 1.87 bits per heavy atom. The van der Waals surface area contributed by atoms with Crippen molar-refractivity contribution in [2.75, 3.05) is 26.2 Å². The topological polar surface area (TPSA) is 44.8 Å². The van der Waals surface area contributed by atoms with Crippen LogP contribution in [0.2, 0.25) is 0 Å². The van der Waals surface area contributed by atoms with Gasteiger partial charge in [0.15, 0.2) is 0 Å². The average Bonchev–Trinajstić information content (AvgIpc) is 2.83. The monoisotopic (exact) mass is 327 g/mol. The fraction of sp³-hybridized carbons (Fsp3) is 0.944. The third-order valence-corrected chi connectivity index (χ3v) is 4.26. The van der Waals surface area contributed by atoms with E-state index < -0.39 is 5.60 Å². The summed E-state index contributed by atoms with van der Waals surface area (Å²) in [6.07, 6.45) is 1.95. The molecule has 1 fully saturated rings. The highest BCUT2D eigenvalue weighted by molar-refractivity contribution is 5.69. The number of amides is 1. The Labute approximate surface area is 142 Å². The van der Waals surface area contributed by atoms with Gasteiger partial charge in [0.1, 0.15) is 5.60 Å². The molecule has 0 bridgehead atoms. The Morgan fingerprint density at radius 3 is 2.39 bits per heavy atom. The molecule has 5 heteroatoms. The van der Waals surface area contributed by atoms with Gasteiger partial charge in [0.25, 0.3) is 0 Å². The molecule has 0 radical (unpaired) electrons. The lowest BCUT2D eigenvalue weighted by Gasteiger charge is -2.31. The molecule has 1 amide bonds. The van der Waals surface area contributed by atoms with Gasteiger partial charge in [-0.2, -0.15) is 0 Å². The third kappa shape index (κ3) is 7.08. The van der Waals surface area contributed by atoms with Gasteiger partial charge in [0, 0.05) is 44.3 Å². The zero-order valence-electron chi connectivity index (χ0n) is 16.2. The lowest BCUT2D eigenvalue weighted by Crippen LogP contribution is -2.46. The van der Waals surface area contributed by atoms with E-state index in [1.807, 2.05) is 25.7 Å². The molecule has 136 valence electrons. The number of hydrogen-bond acceptors (Lipinski definition) is 4. The van der Waals surface area contributed by atoms with Crippen LogP contribution in [0, 0.1) is 0 Å². The largest absolute Gasteiger partial charge is 0.444 e. The van der Waals surface area contributed by atoms with Crippen molar-refractivity contribution in [3.63, 3.8) is 0 Å². The van der Waals surface area contributed by atoms with Crippen molar-refractivity contribution in [2.24, 2.45) is 0 Å². The number of hydrogen-bond donors (Lipinski definition) is 1. The van der Waals surface area contributed by atoms with Crippen molar-refractivity contribution in [1.29, 1.82) is 0 Å². The number of nitrogens with one attached hydrogen (secondary N) is 1. The molecule has 0 aromatic heterocycles. The Bertz CT molecular complexity index is 356. The van der Waals surface area contributed by atoms with E-state index in [9.17, 15) is 4.79 Å². The summed E-state index contributed by atoms with van der Waals surface area (Å²) in [6.45, 7) is 18.4. The number of likely N-dealkylation sites (tertiary alicyclic amines) is 1. The van der Waals surface area contributed by atoms with Gasteiger partial charge >= 0.3 is 6.09 Å². The molecule has 0 saturated carbocycles. The third-order valence-electron chi connectivity index (χ3n) is 4.26. The average molecular weight is 328 g/mol. The summed E-state index contributed by atoms with van der Waals surface area (Å²) in [7, 11) is 0. The minimum Gasteiger partial charge on any atom is -0.444 e. The van der Waals surface area contributed by atoms with Crippen molar-refractivity contribution in [2.45, 2.75) is 85.0 Å². The van der Waals surface area contributed by atoms with Gasteiger partial charge in [-0.05, 0) is 61.3 Å².